The van der Waals surface area contributed by atoms with Crippen molar-refractivity contribution in [1.82, 2.24) is 10.2 Å². The van der Waals surface area contributed by atoms with Crippen LogP contribution in [0.25, 0.3) is 0 Å². The molecule has 1 spiro atoms. The quantitative estimate of drug-likeness (QED) is 0.539. The zero-order valence-electron chi connectivity index (χ0n) is 7.65. The molecule has 6 nitrogen and oxygen atoms in total. The molecule has 0 bridgehead atoms. The summed E-state index contributed by atoms with van der Waals surface area (Å²) < 4.78 is 5.40. The molecule has 0 aliphatic carbocycles. The maximum absolute atomic E-state index is 10.9. The summed E-state index contributed by atoms with van der Waals surface area (Å²) in [6.07, 6.45) is -0.276. The van der Waals surface area contributed by atoms with E-state index in [1.165, 1.54) is 4.90 Å². The monoisotopic (exact) mass is 200 g/mol. The van der Waals surface area contributed by atoms with Gasteiger partial charge in [0.05, 0.1) is 6.54 Å². The molecule has 0 aromatic carbocycles. The lowest BCUT2D eigenvalue weighted by Gasteiger charge is -2.33. The fourth-order valence-corrected chi connectivity index (χ4v) is 1.85. The molecule has 2 rings (SSSR count). The van der Waals surface area contributed by atoms with Gasteiger partial charge in [0.1, 0.15) is 12.2 Å². The summed E-state index contributed by atoms with van der Waals surface area (Å²) in [6, 6.07) is 0. The summed E-state index contributed by atoms with van der Waals surface area (Å²) in [5.74, 6) is -0.135. The maximum Gasteiger partial charge on any atom is 0.407 e. The van der Waals surface area contributed by atoms with Crippen molar-refractivity contribution in [2.45, 2.75) is 12.0 Å². The third-order valence-electron chi connectivity index (χ3n) is 2.70. The van der Waals surface area contributed by atoms with E-state index < -0.39 is 11.7 Å². The van der Waals surface area contributed by atoms with Crippen molar-refractivity contribution in [3.63, 3.8) is 0 Å². The van der Waals surface area contributed by atoms with E-state index in [-0.39, 0.29) is 12.5 Å². The molecule has 2 aliphatic rings. The summed E-state index contributed by atoms with van der Waals surface area (Å²) >= 11 is 0. The number of morpholine rings is 1. The minimum Gasteiger partial charge on any atom is -0.465 e. The van der Waals surface area contributed by atoms with Crippen molar-refractivity contribution >= 4 is 12.0 Å². The predicted molar refractivity (Wildman–Crippen MR) is 45.9 cm³/mol. The smallest absolute Gasteiger partial charge is 0.407 e. The molecule has 2 N–H and O–H groups in total. The molecule has 0 aromatic rings. The number of nitrogens with zero attached hydrogens (tertiary/aromatic N) is 1. The van der Waals surface area contributed by atoms with Gasteiger partial charge in [-0.1, -0.05) is 0 Å². The zero-order chi connectivity index (χ0) is 10.2. The van der Waals surface area contributed by atoms with Crippen LogP contribution in [0.5, 0.6) is 0 Å². The average molecular weight is 200 g/mol. The summed E-state index contributed by atoms with van der Waals surface area (Å²) in [6.45, 7) is 1.27. The fourth-order valence-electron chi connectivity index (χ4n) is 1.85. The van der Waals surface area contributed by atoms with E-state index in [1.54, 1.807) is 0 Å². The third-order valence-corrected chi connectivity index (χ3v) is 2.70. The van der Waals surface area contributed by atoms with Gasteiger partial charge < -0.3 is 20.1 Å². The number of amides is 2. The Bertz CT molecular complexity index is 269. The van der Waals surface area contributed by atoms with Gasteiger partial charge in [0.15, 0.2) is 0 Å². The van der Waals surface area contributed by atoms with Crippen LogP contribution in [0.2, 0.25) is 0 Å². The third kappa shape index (κ3) is 1.52. The van der Waals surface area contributed by atoms with Crippen LogP contribution in [0.15, 0.2) is 0 Å². The van der Waals surface area contributed by atoms with Crippen LogP contribution < -0.4 is 5.32 Å². The van der Waals surface area contributed by atoms with Crippen LogP contribution in [0, 0.1) is 0 Å². The summed E-state index contributed by atoms with van der Waals surface area (Å²) in [4.78, 5) is 22.8. The number of hydrogen-bond acceptors (Lipinski definition) is 3. The van der Waals surface area contributed by atoms with Crippen molar-refractivity contribution < 1.29 is 19.4 Å². The maximum atomic E-state index is 10.9. The van der Waals surface area contributed by atoms with E-state index in [9.17, 15) is 9.59 Å². The van der Waals surface area contributed by atoms with Crippen LogP contribution in [-0.2, 0) is 9.53 Å². The molecular formula is C8H12N2O4. The molecule has 14 heavy (non-hydrogen) atoms. The second-order valence-corrected chi connectivity index (χ2v) is 3.70. The van der Waals surface area contributed by atoms with Gasteiger partial charge in [0, 0.05) is 13.1 Å². The van der Waals surface area contributed by atoms with Crippen LogP contribution in [-0.4, -0.2) is 53.8 Å². The van der Waals surface area contributed by atoms with E-state index in [1.807, 2.05) is 0 Å². The Hall–Kier alpha value is -1.30. The Morgan fingerprint density at radius 2 is 2.43 bits per heavy atom. The first kappa shape index (κ1) is 9.26. The van der Waals surface area contributed by atoms with Crippen molar-refractivity contribution in [2.24, 2.45) is 0 Å². The number of carboxylic acid groups (broad SMARTS) is 1. The van der Waals surface area contributed by atoms with Gasteiger partial charge in [-0.15, -0.1) is 0 Å². The second-order valence-electron chi connectivity index (χ2n) is 3.70. The summed E-state index contributed by atoms with van der Waals surface area (Å²) in [7, 11) is 0. The number of rotatable bonds is 0. The molecule has 0 aromatic heterocycles. The van der Waals surface area contributed by atoms with E-state index >= 15 is 0 Å². The summed E-state index contributed by atoms with van der Waals surface area (Å²) in [5.41, 5.74) is -0.480. The number of likely N-dealkylation sites (tertiary alicyclic amines) is 1. The van der Waals surface area contributed by atoms with Crippen molar-refractivity contribution in [2.75, 3.05) is 26.2 Å². The fraction of sp³-hybridized carbons (Fsp3) is 0.750. The predicted octanol–water partition coefficient (Wildman–Crippen LogP) is -0.745. The van der Waals surface area contributed by atoms with E-state index in [0.717, 1.165) is 0 Å². The molecule has 78 valence electrons. The molecular weight excluding hydrogens is 188 g/mol. The van der Waals surface area contributed by atoms with Gasteiger partial charge >= 0.3 is 6.09 Å². The van der Waals surface area contributed by atoms with Gasteiger partial charge in [-0.25, -0.2) is 4.79 Å². The zero-order valence-corrected chi connectivity index (χ0v) is 7.65. The molecule has 0 saturated carbocycles. The van der Waals surface area contributed by atoms with Crippen molar-refractivity contribution in [3.05, 3.63) is 0 Å². The van der Waals surface area contributed by atoms with Crippen LogP contribution in [0.4, 0.5) is 4.79 Å². The number of carbonyl (C=O) groups is 2. The van der Waals surface area contributed by atoms with Crippen LogP contribution in [0.3, 0.4) is 0 Å². The van der Waals surface area contributed by atoms with Gasteiger partial charge in [-0.2, -0.15) is 0 Å². The van der Waals surface area contributed by atoms with Crippen LogP contribution >= 0.6 is 0 Å². The molecule has 1 unspecified atom stereocenters. The molecule has 2 fully saturated rings. The molecule has 2 aliphatic heterocycles. The topological polar surface area (TPSA) is 78.9 Å². The second kappa shape index (κ2) is 3.13. The van der Waals surface area contributed by atoms with E-state index in [2.05, 4.69) is 5.32 Å². The number of hydrogen-bond donors (Lipinski definition) is 2. The molecule has 2 amide bonds. The molecule has 2 heterocycles. The molecule has 2 saturated heterocycles. The Labute approximate surface area is 80.8 Å². The first-order valence-corrected chi connectivity index (χ1v) is 4.50. The highest BCUT2D eigenvalue weighted by molar-refractivity contribution is 5.78. The highest BCUT2D eigenvalue weighted by atomic mass is 16.5. The van der Waals surface area contributed by atoms with Gasteiger partial charge in [-0.05, 0) is 6.42 Å². The van der Waals surface area contributed by atoms with E-state index in [0.29, 0.717) is 26.1 Å². The highest BCUT2D eigenvalue weighted by Crippen LogP contribution is 2.26. The number of carbonyl (C=O) groups excluding carboxylic acids is 1. The minimum atomic E-state index is -0.928. The van der Waals surface area contributed by atoms with E-state index in [4.69, 9.17) is 9.84 Å². The highest BCUT2D eigenvalue weighted by Gasteiger charge is 2.43. The largest absolute Gasteiger partial charge is 0.465 e. The molecule has 0 radical (unpaired) electrons. The lowest BCUT2D eigenvalue weighted by Crippen LogP contribution is -2.54. The Morgan fingerprint density at radius 3 is 2.93 bits per heavy atom. The first-order chi connectivity index (χ1) is 6.61. The number of nitrogens with one attached hydrogen (secondary N) is 1. The Morgan fingerprint density at radius 1 is 1.64 bits per heavy atom. The molecule has 6 heteroatoms. The van der Waals surface area contributed by atoms with Crippen molar-refractivity contribution in [1.29, 1.82) is 0 Å². The standard InChI is InChI=1S/C8H12N2O4/c11-6-3-14-8(4-9-6)1-2-10(5-8)7(12)13/h1-5H2,(H,9,11)(H,12,13). The van der Waals surface area contributed by atoms with Gasteiger partial charge in [0.2, 0.25) is 5.91 Å². The number of ether oxygens (including phenoxy) is 1. The Kier molecular flexibility index (Phi) is 2.07. The first-order valence-electron chi connectivity index (χ1n) is 4.50. The van der Waals surface area contributed by atoms with Gasteiger partial charge in [-0.3, -0.25) is 4.79 Å². The Balaban J connectivity index is 1.99. The average Bonchev–Trinajstić information content (AvgIpc) is 2.56. The van der Waals surface area contributed by atoms with Crippen molar-refractivity contribution in [3.8, 4) is 0 Å². The van der Waals surface area contributed by atoms with Crippen LogP contribution in [0.1, 0.15) is 6.42 Å². The molecule has 1 atom stereocenters. The van der Waals surface area contributed by atoms with Gasteiger partial charge in [0.25, 0.3) is 0 Å². The summed E-state index contributed by atoms with van der Waals surface area (Å²) in [5, 5.41) is 11.5. The lowest BCUT2D eigenvalue weighted by atomic mass is 10.0. The minimum absolute atomic E-state index is 0.0352. The SMILES string of the molecule is O=C1COC2(CCN(C(=O)O)C2)CN1. The lowest BCUT2D eigenvalue weighted by molar-refractivity contribution is -0.141. The normalized spacial score (nSPS) is 32.0.